The molecule has 2 fully saturated rings. The summed E-state index contributed by atoms with van der Waals surface area (Å²) in [7, 11) is -8.61. The molecule has 0 spiro atoms. The van der Waals surface area contributed by atoms with Gasteiger partial charge in [-0.3, -0.25) is 14.6 Å². The van der Waals surface area contributed by atoms with E-state index >= 15 is 0 Å². The Hall–Kier alpha value is -6.12. The van der Waals surface area contributed by atoms with Crippen molar-refractivity contribution < 1.29 is 53.7 Å². The largest absolute Gasteiger partial charge is 0.493 e. The highest BCUT2D eigenvalue weighted by atomic mass is 35.5. The second-order valence-corrected chi connectivity index (χ2v) is 21.3. The summed E-state index contributed by atoms with van der Waals surface area (Å²) < 4.78 is 129. The second-order valence-electron chi connectivity index (χ2n) is 17.7. The van der Waals surface area contributed by atoms with Gasteiger partial charge >= 0.3 is 0 Å². The summed E-state index contributed by atoms with van der Waals surface area (Å²) in [6.07, 6.45) is 2.82. The highest BCUT2D eigenvalue weighted by Crippen LogP contribution is 2.41. The van der Waals surface area contributed by atoms with Crippen LogP contribution in [-0.2, 0) is 20.0 Å². The number of pyridine rings is 4. The summed E-state index contributed by atoms with van der Waals surface area (Å²) in [5.41, 5.74) is 11.1. The van der Waals surface area contributed by atoms with Gasteiger partial charge < -0.3 is 26.0 Å². The molecule has 6 heterocycles. The van der Waals surface area contributed by atoms with Crippen molar-refractivity contribution in [3.05, 3.63) is 101 Å². The van der Waals surface area contributed by atoms with Gasteiger partial charge in [-0.1, -0.05) is 51.3 Å². The molecule has 67 heavy (non-hydrogen) atoms. The summed E-state index contributed by atoms with van der Waals surface area (Å²) >= 11 is 6.06. The molecule has 21 heteroatoms. The van der Waals surface area contributed by atoms with Crippen LogP contribution < -0.4 is 35.4 Å². The molecule has 17 nitrogen and oxygen atoms in total. The molecular formula is C46H68ClFN10O7S2. The summed E-state index contributed by atoms with van der Waals surface area (Å²) in [6.45, 7) is 5.79. The highest BCUT2D eigenvalue weighted by Gasteiger charge is 2.40. The number of nitrogen functional groups attached to an aromatic ring is 2. The van der Waals surface area contributed by atoms with Gasteiger partial charge in [0.25, 0.3) is 31.9 Å². The van der Waals surface area contributed by atoms with Crippen LogP contribution in [0.3, 0.4) is 0 Å². The van der Waals surface area contributed by atoms with Gasteiger partial charge in [0, 0.05) is 60.1 Å². The first-order valence-corrected chi connectivity index (χ1v) is 24.1. The monoisotopic (exact) mass is 997 g/mol. The van der Waals surface area contributed by atoms with Crippen LogP contribution in [0.5, 0.6) is 5.75 Å². The van der Waals surface area contributed by atoms with Crippen LogP contribution in [0.15, 0.2) is 89.0 Å². The number of halogens is 2. The number of rotatable bonds is 12. The van der Waals surface area contributed by atoms with Crippen LogP contribution >= 0.6 is 11.6 Å². The number of amides is 2. The lowest BCUT2D eigenvalue weighted by Crippen LogP contribution is -2.41. The van der Waals surface area contributed by atoms with E-state index in [9.17, 15) is 30.8 Å². The molecule has 0 aliphatic carbocycles. The van der Waals surface area contributed by atoms with Crippen molar-refractivity contribution in [1.29, 1.82) is 0 Å². The third-order valence-electron chi connectivity index (χ3n) is 11.0. The highest BCUT2D eigenvalue weighted by molar-refractivity contribution is 7.90. The van der Waals surface area contributed by atoms with Gasteiger partial charge in [-0.2, -0.15) is 16.8 Å². The van der Waals surface area contributed by atoms with E-state index in [1.54, 1.807) is 0 Å². The van der Waals surface area contributed by atoms with Crippen molar-refractivity contribution in [2.45, 2.75) is 89.2 Å². The van der Waals surface area contributed by atoms with E-state index in [2.05, 4.69) is 26.9 Å². The molecule has 2 amide bonds. The normalized spacial score (nSPS) is 19.8. The van der Waals surface area contributed by atoms with Gasteiger partial charge in [0.15, 0.2) is 10.1 Å². The van der Waals surface area contributed by atoms with Crippen LogP contribution in [0.25, 0.3) is 11.3 Å². The number of ether oxygens (including phenoxy) is 1. The number of carbonyl (C=O) groups excluding carboxylic acids is 2. The number of nitrogens with one attached hydrogen (secondary N) is 2. The van der Waals surface area contributed by atoms with Crippen molar-refractivity contribution >= 4 is 66.6 Å². The first kappa shape index (κ1) is 41.1. The molecule has 6 N–H and O–H groups in total. The van der Waals surface area contributed by atoms with Crippen molar-refractivity contribution in [3.8, 4) is 17.0 Å². The first-order valence-electron chi connectivity index (χ1n) is 24.3. The van der Waals surface area contributed by atoms with Crippen LogP contribution in [0.4, 0.5) is 27.5 Å². The lowest BCUT2D eigenvalue weighted by atomic mass is 9.97. The predicted molar refractivity (Wildman–Crippen MR) is 269 cm³/mol. The standard InChI is InChI=1S/C28H34FN5O4S.C18H22ClN5O3S.6H2/c1-17(2)16-38-21-10-19(9-20(29)11-21)23-12-24(34-15-18(3)13-28(34,4)5)22(14-31-23)27(35)33-39(36,37)26-8-6-7-25(30)32-26;1-11-9-18(2,3)24(10-11)16-12(7-8-13(19)21-16)17(25)23-28(26,27)15-6-4-5-14(20)22-15;;;;;;/h6-12,14,17-18H,13,15-16H2,1-5H3,(H2,30,32)(H,33,35);4-8,11H,9-10H2,1-3H3,(H2,20,22)(H,23,25);6*1H/t18-;11-;;;;;;/m00....../s1/i1D3,2D3,17D;;;;;;;. The molecule has 4 aromatic heterocycles. The molecular weight excluding hydrogens is 923 g/mol. The van der Waals surface area contributed by atoms with Gasteiger partial charge in [-0.05, 0) is 113 Å². The molecule has 0 bridgehead atoms. The van der Waals surface area contributed by atoms with Crippen molar-refractivity contribution in [2.24, 2.45) is 17.7 Å². The molecule has 5 aromatic rings. The predicted octanol–water partition coefficient (Wildman–Crippen LogP) is 8.57. The summed E-state index contributed by atoms with van der Waals surface area (Å²) in [4.78, 5) is 46.4. The molecule has 2 saturated heterocycles. The number of hydrogen-bond acceptors (Lipinski definition) is 15. The Kier molecular flexibility index (Phi) is 12.0. The molecule has 2 atom stereocenters. The van der Waals surface area contributed by atoms with Crippen LogP contribution in [-0.4, -0.2) is 79.4 Å². The summed E-state index contributed by atoms with van der Waals surface area (Å²) in [5, 5.41) is -0.565. The van der Waals surface area contributed by atoms with Crippen LogP contribution in [0.1, 0.15) is 107 Å². The van der Waals surface area contributed by atoms with Crippen LogP contribution in [0, 0.1) is 23.5 Å². The average Bonchev–Trinajstić information content (AvgIpc) is 3.73. The maximum Gasteiger partial charge on any atom is 0.281 e. The Morgan fingerprint density at radius 3 is 1.93 bits per heavy atom. The Labute approximate surface area is 414 Å². The zero-order valence-electron chi connectivity index (χ0n) is 44.5. The first-order chi connectivity index (χ1) is 34.0. The number of nitrogens with zero attached hydrogens (tertiary/aromatic N) is 6. The number of aromatic nitrogens is 4. The number of benzene rings is 1. The minimum Gasteiger partial charge on any atom is -0.493 e. The number of anilines is 4. The third kappa shape index (κ3) is 12.1. The molecule has 0 unspecified atom stereocenters. The van der Waals surface area contributed by atoms with E-state index in [4.69, 9.17) is 37.4 Å². The van der Waals surface area contributed by atoms with Gasteiger partial charge in [-0.15, -0.1) is 0 Å². The SMILES string of the molecule is C[C@@H]1CN(c2nc(Cl)ccc2C(=O)NS(=O)(=O)c2cccc(N)n2)C(C)(C)C1.[2H]C([2H])([2H])C([2H])(COc1cc(F)cc(-c2cc(N3C[C@@H](C)CC3(C)C)c(C(=O)NS(=O)(=O)c3cccc(N)n3)cn2)c1)C([2H])([2H])[2H].[HH].[HH].[HH].[HH].[HH].[HH]. The molecule has 7 rings (SSSR count). The lowest BCUT2D eigenvalue weighted by Gasteiger charge is -2.35. The molecule has 1 aromatic carbocycles. The third-order valence-corrected chi connectivity index (χ3v) is 13.6. The zero-order chi connectivity index (χ0) is 55.1. The smallest absolute Gasteiger partial charge is 0.281 e. The summed E-state index contributed by atoms with van der Waals surface area (Å²) in [5.74, 6) is -4.92. The van der Waals surface area contributed by atoms with Crippen molar-refractivity contribution in [3.63, 3.8) is 0 Å². The topological polar surface area (TPSA) is 246 Å². The zero-order valence-corrected chi connectivity index (χ0v) is 39.9. The number of hydrogen-bond donors (Lipinski definition) is 4. The fourth-order valence-electron chi connectivity index (χ4n) is 8.35. The Morgan fingerprint density at radius 2 is 1.40 bits per heavy atom. The van der Waals surface area contributed by atoms with E-state index in [0.717, 1.165) is 31.2 Å². The van der Waals surface area contributed by atoms with Gasteiger partial charge in [0.2, 0.25) is 0 Å². The molecule has 0 saturated carbocycles. The van der Waals surface area contributed by atoms with E-state index in [0.29, 0.717) is 30.5 Å². The number of nitrogens with two attached hydrogens (primary N) is 2. The van der Waals surface area contributed by atoms with Crippen molar-refractivity contribution in [1.82, 2.24) is 29.4 Å². The minimum atomic E-state index is -4.42. The molecule has 0 radical (unpaired) electrons. The Balaban J connectivity index is 0.00000159. The lowest BCUT2D eigenvalue weighted by molar-refractivity contribution is 0.0972. The van der Waals surface area contributed by atoms with Gasteiger partial charge in [-0.25, -0.2) is 28.8 Å². The molecule has 370 valence electrons. The second kappa shape index (κ2) is 19.6. The van der Waals surface area contributed by atoms with E-state index in [1.165, 1.54) is 60.7 Å². The molecule has 2 aliphatic heterocycles. The van der Waals surface area contributed by atoms with E-state index in [1.807, 2.05) is 53.9 Å². The van der Waals surface area contributed by atoms with Crippen molar-refractivity contribution in [2.75, 3.05) is 41.0 Å². The quantitative estimate of drug-likeness (QED) is 0.0855. The Morgan fingerprint density at radius 1 is 0.851 bits per heavy atom. The fourth-order valence-corrected chi connectivity index (χ4v) is 10.4. The number of sulfonamides is 2. The van der Waals surface area contributed by atoms with E-state index in [-0.39, 0.29) is 70.0 Å². The minimum absolute atomic E-state index is 0. The maximum absolute atomic E-state index is 14.8. The van der Waals surface area contributed by atoms with Gasteiger partial charge in [0.1, 0.15) is 34.2 Å². The maximum atomic E-state index is 14.8. The van der Waals surface area contributed by atoms with Crippen LogP contribution in [0.2, 0.25) is 5.15 Å². The Bertz CT molecular complexity index is 3200. The fraction of sp³-hybridized carbons (Fsp3) is 0.391. The van der Waals surface area contributed by atoms with Gasteiger partial charge in [0.05, 0.1) is 29.1 Å². The average molecular weight is 999 g/mol. The number of carbonyl (C=O) groups is 2. The summed E-state index contributed by atoms with van der Waals surface area (Å²) in [6, 6.07) is 15.9. The molecule has 2 aliphatic rings. The van der Waals surface area contributed by atoms with E-state index < -0.39 is 74.4 Å².